The van der Waals surface area contributed by atoms with E-state index in [-0.39, 0.29) is 29.9 Å². The summed E-state index contributed by atoms with van der Waals surface area (Å²) in [4.78, 5) is 26.3. The molecular weight excluding hydrogens is 304 g/mol. The van der Waals surface area contributed by atoms with Crippen LogP contribution in [-0.2, 0) is 4.79 Å². The number of likely N-dealkylation sites (tertiary alicyclic amines) is 1. The van der Waals surface area contributed by atoms with E-state index in [0.29, 0.717) is 18.7 Å². The predicted molar refractivity (Wildman–Crippen MR) is 89.1 cm³/mol. The Bertz CT molecular complexity index is 640. The molecule has 2 aliphatic rings. The predicted octanol–water partition coefficient (Wildman–Crippen LogP) is 1.05. The molecule has 1 aromatic rings. The van der Waals surface area contributed by atoms with Crippen LogP contribution in [0.25, 0.3) is 0 Å². The van der Waals surface area contributed by atoms with Crippen LogP contribution in [0.2, 0.25) is 0 Å². The van der Waals surface area contributed by atoms with Gasteiger partial charge in [-0.3, -0.25) is 9.59 Å². The Balaban J connectivity index is 1.48. The monoisotopic (exact) mass is 326 g/mol. The number of carbonyl (C=O) groups excluding carboxylic acids is 2. The fraction of sp³-hybridized carbons (Fsp3) is 0.500. The third kappa shape index (κ3) is 3.57. The van der Waals surface area contributed by atoms with E-state index in [1.165, 1.54) is 0 Å². The average Bonchev–Trinajstić information content (AvgIpc) is 3.29. The van der Waals surface area contributed by atoms with Crippen LogP contribution in [0.1, 0.15) is 36.0 Å². The van der Waals surface area contributed by atoms with Crippen molar-refractivity contribution >= 4 is 11.8 Å². The van der Waals surface area contributed by atoms with E-state index in [0.717, 1.165) is 25.7 Å². The first-order chi connectivity index (χ1) is 11.7. The topological polar surface area (TPSA) is 85.2 Å². The molecule has 3 atom stereocenters. The molecule has 3 rings (SSSR count). The van der Waals surface area contributed by atoms with Gasteiger partial charge in [0.1, 0.15) is 6.04 Å². The van der Waals surface area contributed by atoms with Gasteiger partial charge in [-0.1, -0.05) is 18.2 Å². The molecule has 2 aliphatic heterocycles. The maximum Gasteiger partial charge on any atom is 0.251 e. The van der Waals surface area contributed by atoms with Crippen LogP contribution < -0.4 is 10.6 Å². The van der Waals surface area contributed by atoms with Gasteiger partial charge in [-0.25, -0.2) is 0 Å². The van der Waals surface area contributed by atoms with Crippen LogP contribution in [0.5, 0.6) is 0 Å². The van der Waals surface area contributed by atoms with E-state index in [1.54, 1.807) is 17.0 Å². The van der Waals surface area contributed by atoms with Gasteiger partial charge in [0.2, 0.25) is 5.91 Å². The zero-order chi connectivity index (χ0) is 16.9. The molecule has 2 fully saturated rings. The average molecular weight is 326 g/mol. The van der Waals surface area contributed by atoms with Gasteiger partial charge >= 0.3 is 0 Å². The summed E-state index contributed by atoms with van der Waals surface area (Å²) < 4.78 is 0. The van der Waals surface area contributed by atoms with Crippen molar-refractivity contribution in [3.8, 4) is 6.07 Å². The van der Waals surface area contributed by atoms with E-state index in [9.17, 15) is 9.59 Å². The standard InChI is InChI=1S/C18H22N4O2/c19-11-15-7-4-10-22(15)18(24)16-9-8-14(21-16)12-20-17(23)13-5-2-1-3-6-13/h1-3,5-6,14-16,21H,4,7-10,12H2,(H,20,23)/t14-,15+,16+/m1/s1. The van der Waals surface area contributed by atoms with Crippen LogP contribution in [0.3, 0.4) is 0 Å². The molecule has 0 spiro atoms. The lowest BCUT2D eigenvalue weighted by Crippen LogP contribution is -2.48. The minimum Gasteiger partial charge on any atom is -0.350 e. The summed E-state index contributed by atoms with van der Waals surface area (Å²) in [7, 11) is 0. The number of rotatable bonds is 4. The molecular formula is C18H22N4O2. The summed E-state index contributed by atoms with van der Waals surface area (Å²) in [5.74, 6) is -0.0767. The zero-order valence-electron chi connectivity index (χ0n) is 13.6. The summed E-state index contributed by atoms with van der Waals surface area (Å²) in [6.07, 6.45) is 3.26. The highest BCUT2D eigenvalue weighted by Gasteiger charge is 2.36. The summed E-state index contributed by atoms with van der Waals surface area (Å²) in [6.45, 7) is 1.17. The number of hydrogen-bond donors (Lipinski definition) is 2. The second-order valence-electron chi connectivity index (χ2n) is 6.39. The molecule has 0 aliphatic carbocycles. The lowest BCUT2D eigenvalue weighted by molar-refractivity contribution is -0.133. The van der Waals surface area contributed by atoms with Crippen molar-refractivity contribution in [2.45, 2.75) is 43.8 Å². The van der Waals surface area contributed by atoms with E-state index in [1.807, 2.05) is 18.2 Å². The first kappa shape index (κ1) is 16.5. The van der Waals surface area contributed by atoms with Crippen LogP contribution >= 0.6 is 0 Å². The summed E-state index contributed by atoms with van der Waals surface area (Å²) in [5, 5.41) is 15.3. The Labute approximate surface area is 141 Å². The lowest BCUT2D eigenvalue weighted by Gasteiger charge is -2.24. The molecule has 2 heterocycles. The molecule has 0 radical (unpaired) electrons. The highest BCUT2D eigenvalue weighted by Crippen LogP contribution is 2.21. The van der Waals surface area contributed by atoms with Crippen molar-refractivity contribution in [1.29, 1.82) is 5.26 Å². The fourth-order valence-corrected chi connectivity index (χ4v) is 3.45. The number of nitrogens with one attached hydrogen (secondary N) is 2. The second kappa shape index (κ2) is 7.45. The molecule has 0 aromatic heterocycles. The van der Waals surface area contributed by atoms with Crippen molar-refractivity contribution < 1.29 is 9.59 Å². The number of nitrogens with zero attached hydrogens (tertiary/aromatic N) is 2. The Morgan fingerprint density at radius 2 is 2.04 bits per heavy atom. The van der Waals surface area contributed by atoms with E-state index in [4.69, 9.17) is 5.26 Å². The third-order valence-corrected chi connectivity index (χ3v) is 4.77. The highest BCUT2D eigenvalue weighted by atomic mass is 16.2. The summed E-state index contributed by atoms with van der Waals surface area (Å²) >= 11 is 0. The third-order valence-electron chi connectivity index (χ3n) is 4.77. The minimum atomic E-state index is -0.281. The normalized spacial score (nSPS) is 26.1. The maximum absolute atomic E-state index is 12.5. The van der Waals surface area contributed by atoms with Crippen molar-refractivity contribution in [2.75, 3.05) is 13.1 Å². The molecule has 24 heavy (non-hydrogen) atoms. The summed E-state index contributed by atoms with van der Waals surface area (Å²) in [6, 6.07) is 10.9. The Hall–Kier alpha value is -2.39. The van der Waals surface area contributed by atoms with Crippen molar-refractivity contribution in [2.24, 2.45) is 0 Å². The smallest absolute Gasteiger partial charge is 0.251 e. The molecule has 2 N–H and O–H groups in total. The maximum atomic E-state index is 12.5. The Morgan fingerprint density at radius 1 is 1.25 bits per heavy atom. The molecule has 0 bridgehead atoms. The summed E-state index contributed by atoms with van der Waals surface area (Å²) in [5.41, 5.74) is 0.636. The van der Waals surface area contributed by atoms with Crippen LogP contribution in [-0.4, -0.2) is 47.9 Å². The van der Waals surface area contributed by atoms with Gasteiger partial charge in [0.05, 0.1) is 12.1 Å². The number of amides is 2. The van der Waals surface area contributed by atoms with Crippen molar-refractivity contribution in [3.63, 3.8) is 0 Å². The molecule has 6 nitrogen and oxygen atoms in total. The zero-order valence-corrected chi connectivity index (χ0v) is 13.6. The van der Waals surface area contributed by atoms with E-state index in [2.05, 4.69) is 16.7 Å². The van der Waals surface area contributed by atoms with Gasteiger partial charge in [-0.05, 0) is 37.8 Å². The Kier molecular flexibility index (Phi) is 5.11. The number of nitriles is 1. The van der Waals surface area contributed by atoms with Crippen LogP contribution in [0.15, 0.2) is 30.3 Å². The first-order valence-electron chi connectivity index (χ1n) is 8.48. The van der Waals surface area contributed by atoms with Gasteiger partial charge in [0, 0.05) is 24.7 Å². The van der Waals surface area contributed by atoms with Crippen LogP contribution in [0.4, 0.5) is 0 Å². The molecule has 0 saturated carbocycles. The van der Waals surface area contributed by atoms with E-state index < -0.39 is 0 Å². The fourth-order valence-electron chi connectivity index (χ4n) is 3.45. The Morgan fingerprint density at radius 3 is 2.79 bits per heavy atom. The van der Waals surface area contributed by atoms with Gasteiger partial charge in [0.15, 0.2) is 0 Å². The molecule has 2 amide bonds. The minimum absolute atomic E-state index is 0.0240. The number of carbonyl (C=O) groups is 2. The van der Waals surface area contributed by atoms with Gasteiger partial charge in [-0.2, -0.15) is 5.26 Å². The second-order valence-corrected chi connectivity index (χ2v) is 6.39. The number of benzene rings is 1. The van der Waals surface area contributed by atoms with Crippen molar-refractivity contribution in [1.82, 2.24) is 15.5 Å². The molecule has 1 aromatic carbocycles. The quantitative estimate of drug-likeness (QED) is 0.866. The highest BCUT2D eigenvalue weighted by molar-refractivity contribution is 5.94. The molecule has 2 saturated heterocycles. The molecule has 6 heteroatoms. The first-order valence-corrected chi connectivity index (χ1v) is 8.48. The lowest BCUT2D eigenvalue weighted by atomic mass is 10.1. The van der Waals surface area contributed by atoms with Crippen LogP contribution in [0, 0.1) is 11.3 Å². The largest absolute Gasteiger partial charge is 0.350 e. The van der Waals surface area contributed by atoms with Crippen molar-refractivity contribution in [3.05, 3.63) is 35.9 Å². The van der Waals surface area contributed by atoms with Gasteiger partial charge < -0.3 is 15.5 Å². The SMILES string of the molecule is N#C[C@@H]1CCCN1C(=O)[C@@H]1CC[C@H](CNC(=O)c2ccccc2)N1. The van der Waals surface area contributed by atoms with E-state index >= 15 is 0 Å². The number of hydrogen-bond acceptors (Lipinski definition) is 4. The molecule has 126 valence electrons. The van der Waals surface area contributed by atoms with Gasteiger partial charge in [0.25, 0.3) is 5.91 Å². The van der Waals surface area contributed by atoms with Gasteiger partial charge in [-0.15, -0.1) is 0 Å². The molecule has 0 unspecified atom stereocenters.